The molecule has 2 nitrogen and oxygen atoms in total. The van der Waals surface area contributed by atoms with Crippen LogP contribution in [0.3, 0.4) is 0 Å². The van der Waals surface area contributed by atoms with E-state index >= 15 is 0 Å². The van der Waals surface area contributed by atoms with Crippen molar-refractivity contribution in [3.63, 3.8) is 0 Å². The molecule has 68 valence electrons. The van der Waals surface area contributed by atoms with Gasteiger partial charge in [-0.15, -0.1) is 0 Å². The lowest BCUT2D eigenvalue weighted by atomic mass is 10.2. The third kappa shape index (κ3) is 2.82. The summed E-state index contributed by atoms with van der Waals surface area (Å²) in [7, 11) is 1.90. The molecule has 0 aliphatic rings. The van der Waals surface area contributed by atoms with Crippen LogP contribution in [0.1, 0.15) is 19.4 Å². The topological polar surface area (TPSA) is 38.0 Å². The van der Waals surface area contributed by atoms with Crippen molar-refractivity contribution < 1.29 is 0 Å². The van der Waals surface area contributed by atoms with Gasteiger partial charge in [0.25, 0.3) is 0 Å². The van der Waals surface area contributed by atoms with Gasteiger partial charge in [0.15, 0.2) is 0 Å². The van der Waals surface area contributed by atoms with Crippen molar-refractivity contribution >= 4 is 11.4 Å². The number of benzene rings is 1. The number of hydrogen-bond acceptors (Lipinski definition) is 2. The number of aryl methyl sites for hydroxylation is 1. The van der Waals surface area contributed by atoms with Gasteiger partial charge < -0.3 is 11.1 Å². The summed E-state index contributed by atoms with van der Waals surface area (Å²) in [4.78, 5) is 0. The summed E-state index contributed by atoms with van der Waals surface area (Å²) in [6.45, 7) is 6.03. The summed E-state index contributed by atoms with van der Waals surface area (Å²) < 4.78 is 0. The lowest BCUT2D eigenvalue weighted by molar-refractivity contribution is 1.41. The zero-order chi connectivity index (χ0) is 9.56. The van der Waals surface area contributed by atoms with E-state index in [-0.39, 0.29) is 0 Å². The van der Waals surface area contributed by atoms with Crippen molar-refractivity contribution in [1.82, 2.24) is 0 Å². The fourth-order valence-electron chi connectivity index (χ4n) is 0.967. The molecule has 0 heterocycles. The van der Waals surface area contributed by atoms with E-state index < -0.39 is 0 Å². The first-order valence-electron chi connectivity index (χ1n) is 4.28. The Bertz CT molecular complexity index is 231. The molecule has 0 radical (unpaired) electrons. The average Bonchev–Trinajstić information content (AvgIpc) is 2.08. The second-order valence-corrected chi connectivity index (χ2v) is 2.32. The Morgan fingerprint density at radius 1 is 1.25 bits per heavy atom. The molecule has 0 saturated carbocycles. The molecule has 0 aliphatic carbocycles. The standard InChI is InChI=1S/C8H12N2.C2H6/c1-6-5-7(9)3-4-8(6)10-2;1-2/h3-5,10H,9H2,1-2H3;1-2H3. The summed E-state index contributed by atoms with van der Waals surface area (Å²) in [5.41, 5.74) is 8.69. The van der Waals surface area contributed by atoms with E-state index in [9.17, 15) is 0 Å². The maximum absolute atomic E-state index is 5.55. The number of nitrogens with one attached hydrogen (secondary N) is 1. The van der Waals surface area contributed by atoms with Crippen LogP contribution in [-0.4, -0.2) is 7.05 Å². The predicted molar refractivity (Wildman–Crippen MR) is 56.5 cm³/mol. The van der Waals surface area contributed by atoms with Crippen LogP contribution < -0.4 is 11.1 Å². The van der Waals surface area contributed by atoms with E-state index in [1.54, 1.807) is 0 Å². The first-order chi connectivity index (χ1) is 5.74. The van der Waals surface area contributed by atoms with Crippen molar-refractivity contribution in [2.45, 2.75) is 20.8 Å². The Morgan fingerprint density at radius 2 is 1.83 bits per heavy atom. The van der Waals surface area contributed by atoms with E-state index in [1.165, 1.54) is 5.56 Å². The van der Waals surface area contributed by atoms with E-state index in [0.29, 0.717) is 0 Å². The summed E-state index contributed by atoms with van der Waals surface area (Å²) in [6.07, 6.45) is 0. The fourth-order valence-corrected chi connectivity index (χ4v) is 0.967. The molecule has 0 amide bonds. The highest BCUT2D eigenvalue weighted by molar-refractivity contribution is 5.56. The Kier molecular flexibility index (Phi) is 4.93. The zero-order valence-electron chi connectivity index (χ0n) is 8.31. The van der Waals surface area contributed by atoms with Crippen molar-refractivity contribution in [2.24, 2.45) is 0 Å². The van der Waals surface area contributed by atoms with Gasteiger partial charge >= 0.3 is 0 Å². The van der Waals surface area contributed by atoms with Gasteiger partial charge in [-0.1, -0.05) is 13.8 Å². The van der Waals surface area contributed by atoms with Crippen LogP contribution >= 0.6 is 0 Å². The number of nitrogen functional groups attached to an aromatic ring is 1. The second kappa shape index (κ2) is 5.47. The van der Waals surface area contributed by atoms with Crippen LogP contribution in [0.25, 0.3) is 0 Å². The molecule has 12 heavy (non-hydrogen) atoms. The number of hydrogen-bond donors (Lipinski definition) is 2. The molecule has 0 unspecified atom stereocenters. The third-order valence-electron chi connectivity index (χ3n) is 1.52. The molecule has 1 aromatic carbocycles. The minimum Gasteiger partial charge on any atom is -0.399 e. The first-order valence-corrected chi connectivity index (χ1v) is 4.28. The Labute approximate surface area is 74.8 Å². The van der Waals surface area contributed by atoms with Gasteiger partial charge in [-0.3, -0.25) is 0 Å². The molecule has 0 atom stereocenters. The molecule has 1 rings (SSSR count). The highest BCUT2D eigenvalue weighted by Gasteiger charge is 1.93. The lowest BCUT2D eigenvalue weighted by Crippen LogP contribution is -1.92. The SMILES string of the molecule is CC.CNc1ccc(N)cc1C. The minimum absolute atomic E-state index is 0.816. The molecular weight excluding hydrogens is 148 g/mol. The number of nitrogens with two attached hydrogens (primary N) is 1. The van der Waals surface area contributed by atoms with Gasteiger partial charge in [-0.25, -0.2) is 0 Å². The lowest BCUT2D eigenvalue weighted by Gasteiger charge is -2.04. The van der Waals surface area contributed by atoms with Crippen molar-refractivity contribution in [3.05, 3.63) is 23.8 Å². The van der Waals surface area contributed by atoms with Gasteiger partial charge in [0, 0.05) is 18.4 Å². The van der Waals surface area contributed by atoms with Crippen LogP contribution in [-0.2, 0) is 0 Å². The molecule has 0 fully saturated rings. The molecular formula is C10H18N2. The summed E-state index contributed by atoms with van der Waals surface area (Å²) >= 11 is 0. The van der Waals surface area contributed by atoms with Crippen molar-refractivity contribution in [2.75, 3.05) is 18.1 Å². The Morgan fingerprint density at radius 3 is 2.25 bits per heavy atom. The predicted octanol–water partition coefficient (Wildman–Crippen LogP) is 2.65. The molecule has 1 aromatic rings. The second-order valence-electron chi connectivity index (χ2n) is 2.32. The van der Waals surface area contributed by atoms with Crippen LogP contribution in [0.5, 0.6) is 0 Å². The van der Waals surface area contributed by atoms with Crippen molar-refractivity contribution in [3.8, 4) is 0 Å². The van der Waals surface area contributed by atoms with Gasteiger partial charge in [-0.05, 0) is 30.7 Å². The van der Waals surface area contributed by atoms with Crippen molar-refractivity contribution in [1.29, 1.82) is 0 Å². The number of rotatable bonds is 1. The number of anilines is 2. The van der Waals surface area contributed by atoms with E-state index in [2.05, 4.69) is 5.32 Å². The zero-order valence-corrected chi connectivity index (χ0v) is 8.31. The highest BCUT2D eigenvalue weighted by Crippen LogP contribution is 2.16. The van der Waals surface area contributed by atoms with Gasteiger partial charge in [0.1, 0.15) is 0 Å². The normalized spacial score (nSPS) is 8.33. The minimum atomic E-state index is 0.816. The summed E-state index contributed by atoms with van der Waals surface area (Å²) in [5.74, 6) is 0. The first kappa shape index (κ1) is 10.8. The molecule has 0 bridgehead atoms. The van der Waals surface area contributed by atoms with E-state index in [4.69, 9.17) is 5.73 Å². The van der Waals surface area contributed by atoms with E-state index in [0.717, 1.165) is 11.4 Å². The van der Waals surface area contributed by atoms with E-state index in [1.807, 2.05) is 46.0 Å². The third-order valence-corrected chi connectivity index (χ3v) is 1.52. The van der Waals surface area contributed by atoms with Gasteiger partial charge in [0.05, 0.1) is 0 Å². The fraction of sp³-hybridized carbons (Fsp3) is 0.400. The van der Waals surface area contributed by atoms with Crippen LogP contribution in [0.2, 0.25) is 0 Å². The largest absolute Gasteiger partial charge is 0.399 e. The molecule has 0 saturated heterocycles. The van der Waals surface area contributed by atoms with Gasteiger partial charge in [-0.2, -0.15) is 0 Å². The summed E-state index contributed by atoms with van der Waals surface area (Å²) in [6, 6.07) is 5.81. The summed E-state index contributed by atoms with van der Waals surface area (Å²) in [5, 5.41) is 3.07. The maximum atomic E-state index is 5.55. The quantitative estimate of drug-likeness (QED) is 0.629. The highest BCUT2D eigenvalue weighted by atomic mass is 14.8. The van der Waals surface area contributed by atoms with Crippen LogP contribution in [0, 0.1) is 6.92 Å². The van der Waals surface area contributed by atoms with Crippen LogP contribution in [0.15, 0.2) is 18.2 Å². The Balaban J connectivity index is 0.000000561. The Hall–Kier alpha value is -1.18. The van der Waals surface area contributed by atoms with Gasteiger partial charge in [0.2, 0.25) is 0 Å². The monoisotopic (exact) mass is 166 g/mol. The molecule has 2 heteroatoms. The smallest absolute Gasteiger partial charge is 0.0368 e. The molecule has 0 aromatic heterocycles. The molecule has 3 N–H and O–H groups in total. The molecule has 0 aliphatic heterocycles. The average molecular weight is 166 g/mol. The molecule has 0 spiro atoms. The maximum Gasteiger partial charge on any atom is 0.0368 e. The van der Waals surface area contributed by atoms with Crippen LogP contribution in [0.4, 0.5) is 11.4 Å².